The lowest BCUT2D eigenvalue weighted by Crippen LogP contribution is -2.12. The summed E-state index contributed by atoms with van der Waals surface area (Å²) in [6.07, 6.45) is 4.43. The number of halogens is 1. The van der Waals surface area contributed by atoms with Gasteiger partial charge in [-0.3, -0.25) is 4.98 Å². The van der Waals surface area contributed by atoms with Gasteiger partial charge in [-0.15, -0.1) is 0 Å². The minimum Gasteiger partial charge on any atom is -0.398 e. The highest BCUT2D eigenvalue weighted by Crippen LogP contribution is 2.45. The predicted octanol–water partition coefficient (Wildman–Crippen LogP) is 3.79. The van der Waals surface area contributed by atoms with Gasteiger partial charge in [0.25, 0.3) is 0 Å². The number of nitrogens with zero attached hydrogens (tertiary/aromatic N) is 1. The summed E-state index contributed by atoms with van der Waals surface area (Å²) < 4.78 is 0.952. The molecule has 0 bridgehead atoms. The molecule has 4 heteroatoms. The van der Waals surface area contributed by atoms with Crippen molar-refractivity contribution in [2.75, 3.05) is 17.6 Å². The first-order valence-electron chi connectivity index (χ1n) is 6.15. The molecule has 3 rings (SSSR count). The molecule has 0 spiro atoms. The van der Waals surface area contributed by atoms with Crippen LogP contribution in [0.15, 0.2) is 28.9 Å². The maximum absolute atomic E-state index is 6.00. The van der Waals surface area contributed by atoms with Gasteiger partial charge in [-0.05, 0) is 52.4 Å². The van der Waals surface area contributed by atoms with Gasteiger partial charge in [0.05, 0.1) is 11.2 Å². The average molecular weight is 306 g/mol. The first kappa shape index (κ1) is 11.8. The summed E-state index contributed by atoms with van der Waals surface area (Å²) in [5, 5.41) is 4.50. The first-order valence-corrected chi connectivity index (χ1v) is 6.94. The second-order valence-corrected chi connectivity index (χ2v) is 6.33. The van der Waals surface area contributed by atoms with Crippen LogP contribution in [0.1, 0.15) is 19.8 Å². The van der Waals surface area contributed by atoms with Gasteiger partial charge in [-0.25, -0.2) is 0 Å². The Balaban J connectivity index is 1.98. The highest BCUT2D eigenvalue weighted by Gasteiger charge is 2.36. The van der Waals surface area contributed by atoms with Crippen molar-refractivity contribution in [2.24, 2.45) is 5.41 Å². The number of benzene rings is 1. The fourth-order valence-corrected chi connectivity index (χ4v) is 2.39. The van der Waals surface area contributed by atoms with Crippen molar-refractivity contribution < 1.29 is 0 Å². The second-order valence-electron chi connectivity index (χ2n) is 5.42. The van der Waals surface area contributed by atoms with Crippen molar-refractivity contribution >= 4 is 38.2 Å². The Labute approximate surface area is 115 Å². The van der Waals surface area contributed by atoms with E-state index in [-0.39, 0.29) is 0 Å². The maximum Gasteiger partial charge on any atom is 0.0954 e. The van der Waals surface area contributed by atoms with E-state index in [1.54, 1.807) is 0 Å². The number of aromatic nitrogens is 1. The van der Waals surface area contributed by atoms with Crippen LogP contribution in [0, 0.1) is 5.41 Å². The van der Waals surface area contributed by atoms with Gasteiger partial charge in [0.15, 0.2) is 0 Å². The summed E-state index contributed by atoms with van der Waals surface area (Å²) in [5.41, 5.74) is 9.26. The summed E-state index contributed by atoms with van der Waals surface area (Å²) in [6.45, 7) is 3.31. The van der Waals surface area contributed by atoms with Crippen molar-refractivity contribution in [3.05, 3.63) is 28.9 Å². The fraction of sp³-hybridized carbons (Fsp3) is 0.357. The van der Waals surface area contributed by atoms with Crippen LogP contribution in [0.3, 0.4) is 0 Å². The topological polar surface area (TPSA) is 50.9 Å². The zero-order chi connectivity index (χ0) is 12.8. The highest BCUT2D eigenvalue weighted by atomic mass is 79.9. The third-order valence-electron chi connectivity index (χ3n) is 3.66. The highest BCUT2D eigenvalue weighted by molar-refractivity contribution is 9.10. The van der Waals surface area contributed by atoms with E-state index in [0.717, 1.165) is 33.3 Å². The monoisotopic (exact) mass is 305 g/mol. The molecule has 1 aliphatic rings. The Morgan fingerprint density at radius 3 is 2.94 bits per heavy atom. The van der Waals surface area contributed by atoms with Crippen molar-refractivity contribution in [2.45, 2.75) is 19.8 Å². The largest absolute Gasteiger partial charge is 0.398 e. The second kappa shape index (κ2) is 4.12. The fourth-order valence-electron chi connectivity index (χ4n) is 2.06. The zero-order valence-corrected chi connectivity index (χ0v) is 11.9. The van der Waals surface area contributed by atoms with E-state index in [0.29, 0.717) is 5.41 Å². The zero-order valence-electron chi connectivity index (χ0n) is 10.3. The van der Waals surface area contributed by atoms with Crippen LogP contribution in [0.5, 0.6) is 0 Å². The molecule has 3 N–H and O–H groups in total. The lowest BCUT2D eigenvalue weighted by Gasteiger charge is -2.14. The smallest absolute Gasteiger partial charge is 0.0954 e. The molecule has 0 amide bonds. The van der Waals surface area contributed by atoms with Gasteiger partial charge in [-0.2, -0.15) is 0 Å². The molecular weight excluding hydrogens is 290 g/mol. The molecule has 0 radical (unpaired) electrons. The number of pyridine rings is 1. The summed E-state index contributed by atoms with van der Waals surface area (Å²) >= 11 is 3.43. The third-order valence-corrected chi connectivity index (χ3v) is 4.09. The van der Waals surface area contributed by atoms with Crippen molar-refractivity contribution in [1.29, 1.82) is 0 Å². The van der Waals surface area contributed by atoms with Crippen LogP contribution in [-0.2, 0) is 0 Å². The van der Waals surface area contributed by atoms with Gasteiger partial charge in [-0.1, -0.05) is 6.92 Å². The van der Waals surface area contributed by atoms with Gasteiger partial charge < -0.3 is 11.1 Å². The summed E-state index contributed by atoms with van der Waals surface area (Å²) in [7, 11) is 0. The quantitative estimate of drug-likeness (QED) is 0.848. The average Bonchev–Trinajstić information content (AvgIpc) is 3.08. The molecule has 1 aliphatic carbocycles. The number of fused-ring (bicyclic) bond motifs is 1. The molecule has 0 atom stereocenters. The normalized spacial score (nSPS) is 16.8. The number of nitrogens with one attached hydrogen (secondary N) is 1. The van der Waals surface area contributed by atoms with Crippen LogP contribution in [0.4, 0.5) is 11.4 Å². The minimum atomic E-state index is 0.475. The van der Waals surface area contributed by atoms with E-state index in [4.69, 9.17) is 5.73 Å². The molecule has 1 heterocycles. The molecule has 1 aromatic carbocycles. The number of nitrogen functional groups attached to an aromatic ring is 1. The van der Waals surface area contributed by atoms with Crippen molar-refractivity contribution in [3.63, 3.8) is 0 Å². The molecule has 18 heavy (non-hydrogen) atoms. The molecule has 1 aromatic heterocycles. The predicted molar refractivity (Wildman–Crippen MR) is 79.7 cm³/mol. The lowest BCUT2D eigenvalue weighted by atomic mass is 10.1. The minimum absolute atomic E-state index is 0.475. The van der Waals surface area contributed by atoms with E-state index >= 15 is 0 Å². The Morgan fingerprint density at radius 2 is 2.22 bits per heavy atom. The van der Waals surface area contributed by atoms with Crippen molar-refractivity contribution in [1.82, 2.24) is 4.98 Å². The SMILES string of the molecule is CC1(CNc2ccc(N)c3cc(Br)cnc23)CC1. The van der Waals surface area contributed by atoms with Crippen LogP contribution in [0.25, 0.3) is 10.9 Å². The van der Waals surface area contributed by atoms with E-state index < -0.39 is 0 Å². The molecule has 1 saturated carbocycles. The Hall–Kier alpha value is -1.29. The molecule has 0 aliphatic heterocycles. The third kappa shape index (κ3) is 2.17. The van der Waals surface area contributed by atoms with E-state index in [2.05, 4.69) is 33.2 Å². The van der Waals surface area contributed by atoms with E-state index in [1.165, 1.54) is 12.8 Å². The van der Waals surface area contributed by atoms with Crippen molar-refractivity contribution in [3.8, 4) is 0 Å². The molecule has 94 valence electrons. The van der Waals surface area contributed by atoms with Crippen LogP contribution >= 0.6 is 15.9 Å². The number of nitrogens with two attached hydrogens (primary N) is 1. The van der Waals surface area contributed by atoms with Crippen LogP contribution in [-0.4, -0.2) is 11.5 Å². The van der Waals surface area contributed by atoms with Crippen LogP contribution in [0.2, 0.25) is 0 Å². The first-order chi connectivity index (χ1) is 8.57. The number of hydrogen-bond donors (Lipinski definition) is 2. The summed E-state index contributed by atoms with van der Waals surface area (Å²) in [5.74, 6) is 0. The summed E-state index contributed by atoms with van der Waals surface area (Å²) in [6, 6.07) is 5.97. The van der Waals surface area contributed by atoms with Gasteiger partial charge in [0.2, 0.25) is 0 Å². The standard InChI is InChI=1S/C14H16BrN3/c1-14(4-5-14)8-18-12-3-2-11(16)10-6-9(15)7-17-13(10)12/h2-3,6-7,18H,4-5,8,16H2,1H3. The molecular formula is C14H16BrN3. The Bertz CT molecular complexity index is 605. The van der Waals surface area contributed by atoms with Gasteiger partial charge in [0.1, 0.15) is 0 Å². The van der Waals surface area contributed by atoms with Crippen LogP contribution < -0.4 is 11.1 Å². The summed E-state index contributed by atoms with van der Waals surface area (Å²) in [4.78, 5) is 4.47. The lowest BCUT2D eigenvalue weighted by molar-refractivity contribution is 0.611. The molecule has 3 nitrogen and oxygen atoms in total. The molecule has 2 aromatic rings. The van der Waals surface area contributed by atoms with E-state index in [9.17, 15) is 0 Å². The number of rotatable bonds is 3. The maximum atomic E-state index is 6.00. The Kier molecular flexibility index (Phi) is 2.70. The molecule has 0 saturated heterocycles. The van der Waals surface area contributed by atoms with Gasteiger partial charge in [0, 0.05) is 28.3 Å². The van der Waals surface area contributed by atoms with Gasteiger partial charge >= 0.3 is 0 Å². The van der Waals surface area contributed by atoms with E-state index in [1.807, 2.05) is 24.4 Å². The molecule has 1 fully saturated rings. The Morgan fingerprint density at radius 1 is 1.44 bits per heavy atom. The number of anilines is 2. The number of hydrogen-bond acceptors (Lipinski definition) is 3. The molecule has 0 unspecified atom stereocenters.